The van der Waals surface area contributed by atoms with E-state index < -0.39 is 7.82 Å². The molecule has 0 bridgehead atoms. The van der Waals surface area contributed by atoms with E-state index in [1.807, 2.05) is 0 Å². The molecule has 11 heteroatoms. The Morgan fingerprint density at radius 2 is 0.449 bits per heavy atom. The van der Waals surface area contributed by atoms with Crippen molar-refractivity contribution in [2.24, 2.45) is 0 Å². The summed E-state index contributed by atoms with van der Waals surface area (Å²) in [6.07, 6.45) is 57.5. The van der Waals surface area contributed by atoms with Gasteiger partial charge in [-0.25, -0.2) is 4.57 Å². The van der Waals surface area contributed by atoms with Crippen molar-refractivity contribution in [2.75, 3.05) is 39.6 Å². The van der Waals surface area contributed by atoms with Crippen LogP contribution in [0, 0.1) is 20.8 Å². The molecule has 0 amide bonds. The number of rotatable bonds is 66. The normalized spacial score (nSPS) is 13.5. The van der Waals surface area contributed by atoms with Gasteiger partial charge >= 0.3 is 7.82 Å². The van der Waals surface area contributed by atoms with Crippen LogP contribution in [-0.2, 0) is 32.6 Å². The first-order chi connectivity index (χ1) is 43.8. The van der Waals surface area contributed by atoms with Gasteiger partial charge in [-0.05, 0) is 76.0 Å². The summed E-state index contributed by atoms with van der Waals surface area (Å²) in [4.78, 5) is 0. The first kappa shape index (κ1) is 80.8. The summed E-state index contributed by atoms with van der Waals surface area (Å²) in [5.41, 5.74) is 16.0. The molecule has 0 heterocycles. The lowest BCUT2D eigenvalue weighted by molar-refractivity contribution is -0.0183. The van der Waals surface area contributed by atoms with Gasteiger partial charge < -0.3 is 14.2 Å². The maximum atomic E-state index is 15.3. The van der Waals surface area contributed by atoms with Crippen LogP contribution in [0.2, 0.25) is 0 Å². The summed E-state index contributed by atoms with van der Waals surface area (Å²) in [7, 11) is -4.46. The van der Waals surface area contributed by atoms with Crippen LogP contribution in [-0.4, -0.2) is 39.6 Å². The molecular formula is C78H138N3O7P. The fourth-order valence-electron chi connectivity index (χ4n) is 11.8. The van der Waals surface area contributed by atoms with Crippen molar-refractivity contribution in [3.63, 3.8) is 0 Å². The van der Waals surface area contributed by atoms with Gasteiger partial charge in [0, 0.05) is 39.6 Å². The second kappa shape index (κ2) is 58.1. The number of unbranched alkanes of at least 4 members (excludes halogenated alkanes) is 39. The van der Waals surface area contributed by atoms with Gasteiger partial charge in [-0.2, -0.15) is 30.3 Å². The number of benzene rings is 3. The van der Waals surface area contributed by atoms with Crippen LogP contribution in [0.1, 0.15) is 361 Å². The average molecular weight is 1260 g/mol. The molecule has 3 aromatic carbocycles. The number of nitrogens with one attached hydrogen (secondary N) is 3. The fourth-order valence-corrected chi connectivity index (χ4v) is 12.7. The third-order valence-electron chi connectivity index (χ3n) is 17.9. The second-order valence-corrected chi connectivity index (χ2v) is 27.9. The largest absolute Gasteiger partial charge is 0.524 e. The molecule has 0 aliphatic carbocycles. The Morgan fingerprint density at radius 1 is 0.270 bits per heavy atom. The van der Waals surface area contributed by atoms with Gasteiger partial charge in [0.25, 0.3) is 0 Å². The molecule has 10 nitrogen and oxygen atoms in total. The Balaban J connectivity index is 1.62. The Kier molecular flexibility index (Phi) is 52.8. The summed E-state index contributed by atoms with van der Waals surface area (Å²) in [5, 5.41) is 0. The lowest BCUT2D eigenvalue weighted by atomic mass is 10.0. The van der Waals surface area contributed by atoms with E-state index in [2.05, 4.69) is 131 Å². The van der Waals surface area contributed by atoms with Crippen molar-refractivity contribution < 1.29 is 32.6 Å². The van der Waals surface area contributed by atoms with E-state index in [4.69, 9.17) is 28.1 Å². The second-order valence-electron chi connectivity index (χ2n) is 26.5. The van der Waals surface area contributed by atoms with Crippen LogP contribution in [0.25, 0.3) is 0 Å². The molecule has 3 unspecified atom stereocenters. The highest BCUT2D eigenvalue weighted by atomic mass is 31.2. The van der Waals surface area contributed by atoms with E-state index in [-0.39, 0.29) is 18.1 Å². The lowest BCUT2D eigenvalue weighted by Crippen LogP contribution is -2.30. The topological polar surface area (TPSA) is 109 Å². The zero-order valence-corrected chi connectivity index (χ0v) is 59.4. The number of phosphoric acid groups is 1. The molecule has 0 aliphatic heterocycles. The molecule has 0 saturated heterocycles. The summed E-state index contributed by atoms with van der Waals surface area (Å²) in [6.45, 7) is 16.8. The zero-order chi connectivity index (χ0) is 63.6. The van der Waals surface area contributed by atoms with Crippen LogP contribution in [0.3, 0.4) is 0 Å². The minimum absolute atomic E-state index is 0.361. The molecular weight excluding hydrogens is 1120 g/mol. The highest BCUT2D eigenvalue weighted by Crippen LogP contribution is 2.48. The predicted octanol–water partition coefficient (Wildman–Crippen LogP) is 24.5. The summed E-state index contributed by atoms with van der Waals surface area (Å²) in [6, 6.07) is 24.0. The number of hydrogen-bond donors (Lipinski definition) is 3. The fraction of sp³-hybridized carbons (Fsp3) is 0.769. The Hall–Kier alpha value is -2.47. The van der Waals surface area contributed by atoms with Gasteiger partial charge in [-0.15, -0.1) is 0 Å². The minimum atomic E-state index is -4.46. The third-order valence-corrected chi connectivity index (χ3v) is 18.9. The molecule has 89 heavy (non-hydrogen) atoms. The van der Waals surface area contributed by atoms with E-state index in [1.54, 1.807) is 0 Å². The number of hydroxylamine groups is 3. The predicted molar refractivity (Wildman–Crippen MR) is 379 cm³/mol. The molecule has 0 saturated carbocycles. The molecule has 3 rings (SSSR count). The van der Waals surface area contributed by atoms with E-state index in [1.165, 1.54) is 250 Å². The maximum Gasteiger partial charge on any atom is 0.524 e. The average Bonchev–Trinajstić information content (AvgIpc) is 2.28. The molecule has 3 aromatic rings. The summed E-state index contributed by atoms with van der Waals surface area (Å²) < 4.78 is 52.9. The number of aryl methyl sites for hydroxylation is 3. The maximum absolute atomic E-state index is 15.3. The van der Waals surface area contributed by atoms with Crippen LogP contribution in [0.5, 0.6) is 0 Å². The van der Waals surface area contributed by atoms with Crippen LogP contribution >= 0.6 is 7.82 Å². The van der Waals surface area contributed by atoms with E-state index in [9.17, 15) is 0 Å². The monoisotopic (exact) mass is 1260 g/mol. The van der Waals surface area contributed by atoms with Crippen molar-refractivity contribution >= 4 is 7.82 Å². The van der Waals surface area contributed by atoms with Gasteiger partial charge in [0.2, 0.25) is 0 Å². The van der Waals surface area contributed by atoms with Crippen molar-refractivity contribution in [3.8, 4) is 0 Å². The van der Waals surface area contributed by atoms with Crippen LogP contribution in [0.15, 0.2) is 72.8 Å². The Bertz CT molecular complexity index is 1800. The molecule has 0 fully saturated rings. The van der Waals surface area contributed by atoms with Crippen LogP contribution in [0.4, 0.5) is 0 Å². The molecule has 0 spiro atoms. The Labute approximate surface area is 548 Å². The van der Waals surface area contributed by atoms with E-state index in [0.717, 1.165) is 52.6 Å². The highest BCUT2D eigenvalue weighted by molar-refractivity contribution is 7.48. The number of ether oxygens (including phenoxy) is 3. The van der Waals surface area contributed by atoms with E-state index >= 15 is 4.57 Å². The quantitative estimate of drug-likeness (QED) is 0.0287. The minimum Gasteiger partial charge on any atom is -0.381 e. The van der Waals surface area contributed by atoms with Crippen molar-refractivity contribution in [2.45, 2.75) is 349 Å². The number of hydrogen-bond acceptors (Lipinski definition) is 10. The van der Waals surface area contributed by atoms with E-state index in [0.29, 0.717) is 58.9 Å². The van der Waals surface area contributed by atoms with Gasteiger partial charge in [-0.1, -0.05) is 361 Å². The third kappa shape index (κ3) is 45.5. The molecule has 0 aromatic heterocycles. The lowest BCUT2D eigenvalue weighted by Gasteiger charge is -2.27. The zero-order valence-electron chi connectivity index (χ0n) is 58.5. The standard InChI is InChI=1S/C78H138N3O7P/c1-7-10-13-16-19-22-25-28-31-34-37-40-43-46-64-83-67-61-76(73-55-49-70(4)50-56-73)79-86-89(82,87-80-77(74-57-51-71(5)52-58-74)62-68-84-65-47-44-41-38-35-32-29-26-23-20-17-14-11-8-2)88-81-78(75-59-53-72(6)54-60-75)63-69-85-66-48-45-42-39-36-33-30-27-24-21-18-15-12-9-3/h49-60,76-81H,7-48,61-69H2,1-6H3. The molecule has 3 N–H and O–H groups in total. The van der Waals surface area contributed by atoms with Gasteiger partial charge in [-0.3, -0.25) is 0 Å². The summed E-state index contributed by atoms with van der Waals surface area (Å²) in [5.74, 6) is 0. The Morgan fingerprint density at radius 3 is 0.640 bits per heavy atom. The molecule has 512 valence electrons. The first-order valence-electron chi connectivity index (χ1n) is 37.6. The van der Waals surface area contributed by atoms with Crippen molar-refractivity contribution in [1.29, 1.82) is 0 Å². The molecule has 0 aliphatic rings. The molecule has 3 atom stereocenters. The van der Waals surface area contributed by atoms with Crippen molar-refractivity contribution in [1.82, 2.24) is 16.4 Å². The summed E-state index contributed by atoms with van der Waals surface area (Å²) >= 11 is 0. The van der Waals surface area contributed by atoms with Gasteiger partial charge in [0.15, 0.2) is 0 Å². The molecule has 0 radical (unpaired) electrons. The highest BCUT2D eigenvalue weighted by Gasteiger charge is 2.34. The van der Waals surface area contributed by atoms with Gasteiger partial charge in [0.05, 0.1) is 18.1 Å². The SMILES string of the molecule is CCCCCCCCCCCCCCCCOCCC(NOP(=O)(ONC(CCOCCCCCCCCCCCCCCCC)c1ccc(C)cc1)ONC(CCOCCCCCCCCCCCCCCCC)c1ccc(C)cc1)c1ccc(C)cc1. The van der Waals surface area contributed by atoms with Gasteiger partial charge in [0.1, 0.15) is 0 Å². The first-order valence-corrected chi connectivity index (χ1v) is 39.1. The smallest absolute Gasteiger partial charge is 0.381 e. The van der Waals surface area contributed by atoms with Crippen LogP contribution < -0.4 is 16.4 Å². The van der Waals surface area contributed by atoms with Crippen molar-refractivity contribution in [3.05, 3.63) is 106 Å².